The lowest BCUT2D eigenvalue weighted by atomic mass is 10.2. The zero-order valence-corrected chi connectivity index (χ0v) is 9.84. The van der Waals surface area contributed by atoms with E-state index in [-0.39, 0.29) is 6.10 Å². The van der Waals surface area contributed by atoms with Gasteiger partial charge in [-0.05, 0) is 24.6 Å². The van der Waals surface area contributed by atoms with Crippen molar-refractivity contribution >= 4 is 17.3 Å². The lowest BCUT2D eigenvalue weighted by Gasteiger charge is -2.11. The molecule has 0 spiro atoms. The highest BCUT2D eigenvalue weighted by Gasteiger charge is 2.00. The van der Waals surface area contributed by atoms with Crippen molar-refractivity contribution in [3.63, 3.8) is 0 Å². The normalized spacial score (nSPS) is 12.7. The number of benzene rings is 1. The maximum Gasteiger partial charge on any atom is 0.0667 e. The third kappa shape index (κ3) is 4.08. The molecule has 0 aliphatic heterocycles. The van der Waals surface area contributed by atoms with Gasteiger partial charge in [-0.25, -0.2) is 0 Å². The first-order chi connectivity index (χ1) is 7.13. The molecule has 3 N–H and O–H groups in total. The van der Waals surface area contributed by atoms with Gasteiger partial charge in [0.15, 0.2) is 0 Å². The number of anilines is 1. The van der Waals surface area contributed by atoms with E-state index in [1.54, 1.807) is 7.11 Å². The van der Waals surface area contributed by atoms with Crippen LogP contribution < -0.4 is 11.1 Å². The molecule has 0 heterocycles. The van der Waals surface area contributed by atoms with Gasteiger partial charge in [0.1, 0.15) is 0 Å². The molecule has 0 radical (unpaired) electrons. The molecule has 0 aliphatic rings. The summed E-state index contributed by atoms with van der Waals surface area (Å²) in [5, 5.41) is 3.88. The average molecular weight is 229 g/mol. The van der Waals surface area contributed by atoms with Gasteiger partial charge in [0, 0.05) is 20.2 Å². The summed E-state index contributed by atoms with van der Waals surface area (Å²) in [6, 6.07) is 5.66. The number of nitrogen functional groups attached to an aromatic ring is 1. The topological polar surface area (TPSA) is 47.3 Å². The minimum absolute atomic E-state index is 0.217. The number of hydrogen-bond acceptors (Lipinski definition) is 3. The van der Waals surface area contributed by atoms with Crippen LogP contribution in [-0.4, -0.2) is 19.8 Å². The zero-order valence-electron chi connectivity index (χ0n) is 9.09. The maximum absolute atomic E-state index is 5.91. The smallest absolute Gasteiger partial charge is 0.0667 e. The molecule has 0 saturated heterocycles. The SMILES string of the molecule is COC(C)CNCc1ccc(N)c(Cl)c1. The van der Waals surface area contributed by atoms with Gasteiger partial charge in [-0.15, -0.1) is 0 Å². The summed E-state index contributed by atoms with van der Waals surface area (Å²) in [5.41, 5.74) is 7.35. The van der Waals surface area contributed by atoms with Crippen molar-refractivity contribution < 1.29 is 4.74 Å². The molecule has 1 aromatic carbocycles. The van der Waals surface area contributed by atoms with Gasteiger partial charge in [0.05, 0.1) is 16.8 Å². The van der Waals surface area contributed by atoms with Crippen LogP contribution in [0, 0.1) is 0 Å². The lowest BCUT2D eigenvalue weighted by molar-refractivity contribution is 0.117. The van der Waals surface area contributed by atoms with E-state index in [0.29, 0.717) is 10.7 Å². The molecule has 84 valence electrons. The van der Waals surface area contributed by atoms with E-state index in [0.717, 1.165) is 18.7 Å². The van der Waals surface area contributed by atoms with Gasteiger partial charge in [-0.1, -0.05) is 17.7 Å². The highest BCUT2D eigenvalue weighted by atomic mass is 35.5. The van der Waals surface area contributed by atoms with Crippen LogP contribution in [0.2, 0.25) is 5.02 Å². The van der Waals surface area contributed by atoms with Crippen molar-refractivity contribution in [2.75, 3.05) is 19.4 Å². The Morgan fingerprint density at radius 1 is 1.53 bits per heavy atom. The Morgan fingerprint density at radius 3 is 2.87 bits per heavy atom. The molecule has 0 saturated carbocycles. The summed E-state index contributed by atoms with van der Waals surface area (Å²) in [5.74, 6) is 0. The summed E-state index contributed by atoms with van der Waals surface area (Å²) < 4.78 is 5.12. The number of nitrogens with two attached hydrogens (primary N) is 1. The van der Waals surface area contributed by atoms with Gasteiger partial charge in [-0.3, -0.25) is 0 Å². The predicted molar refractivity (Wildman–Crippen MR) is 64.0 cm³/mol. The number of rotatable bonds is 5. The van der Waals surface area contributed by atoms with Crippen LogP contribution in [0.4, 0.5) is 5.69 Å². The standard InChI is InChI=1S/C11H17ClN2O/c1-8(15-2)6-14-7-9-3-4-11(13)10(12)5-9/h3-5,8,14H,6-7,13H2,1-2H3. The Bertz CT molecular complexity index is 317. The largest absolute Gasteiger partial charge is 0.398 e. The second-order valence-corrected chi connectivity index (χ2v) is 3.94. The fourth-order valence-corrected chi connectivity index (χ4v) is 1.39. The molecule has 1 aromatic rings. The van der Waals surface area contributed by atoms with Crippen LogP contribution >= 0.6 is 11.6 Å². The van der Waals surface area contributed by atoms with Crippen molar-refractivity contribution in [3.8, 4) is 0 Å². The van der Waals surface area contributed by atoms with Crippen molar-refractivity contribution in [3.05, 3.63) is 28.8 Å². The molecule has 1 unspecified atom stereocenters. The van der Waals surface area contributed by atoms with Crippen LogP contribution in [0.3, 0.4) is 0 Å². The van der Waals surface area contributed by atoms with Gasteiger partial charge in [0.25, 0.3) is 0 Å². The van der Waals surface area contributed by atoms with Gasteiger partial charge >= 0.3 is 0 Å². The molecule has 1 atom stereocenters. The van der Waals surface area contributed by atoms with Crippen molar-refractivity contribution in [1.82, 2.24) is 5.32 Å². The highest BCUT2D eigenvalue weighted by Crippen LogP contribution is 2.19. The summed E-state index contributed by atoms with van der Waals surface area (Å²) in [4.78, 5) is 0. The molecule has 1 rings (SSSR count). The van der Waals surface area contributed by atoms with Crippen LogP contribution in [0.15, 0.2) is 18.2 Å². The number of methoxy groups -OCH3 is 1. The summed E-state index contributed by atoms with van der Waals surface area (Å²) >= 11 is 5.91. The summed E-state index contributed by atoms with van der Waals surface area (Å²) in [6.07, 6.45) is 0.217. The minimum Gasteiger partial charge on any atom is -0.398 e. The second kappa shape index (κ2) is 5.95. The Balaban J connectivity index is 2.41. The molecule has 4 heteroatoms. The molecule has 0 aliphatic carbocycles. The van der Waals surface area contributed by atoms with E-state index in [9.17, 15) is 0 Å². The van der Waals surface area contributed by atoms with E-state index in [4.69, 9.17) is 22.1 Å². The van der Waals surface area contributed by atoms with E-state index < -0.39 is 0 Å². The van der Waals surface area contributed by atoms with Crippen LogP contribution in [0.1, 0.15) is 12.5 Å². The Kier molecular flexibility index (Phi) is 4.88. The quantitative estimate of drug-likeness (QED) is 0.759. The number of hydrogen-bond donors (Lipinski definition) is 2. The maximum atomic E-state index is 5.91. The monoisotopic (exact) mass is 228 g/mol. The Morgan fingerprint density at radius 2 is 2.27 bits per heavy atom. The van der Waals surface area contributed by atoms with Crippen molar-refractivity contribution in [1.29, 1.82) is 0 Å². The van der Waals surface area contributed by atoms with Crippen LogP contribution in [0.25, 0.3) is 0 Å². The fraction of sp³-hybridized carbons (Fsp3) is 0.455. The Labute approximate surface area is 95.6 Å². The van der Waals surface area contributed by atoms with E-state index in [1.807, 2.05) is 25.1 Å². The minimum atomic E-state index is 0.217. The number of ether oxygens (including phenoxy) is 1. The summed E-state index contributed by atoms with van der Waals surface area (Å²) in [6.45, 7) is 3.61. The molecule has 3 nitrogen and oxygen atoms in total. The molecular formula is C11H17ClN2O. The molecule has 0 amide bonds. The van der Waals surface area contributed by atoms with Crippen molar-refractivity contribution in [2.45, 2.75) is 19.6 Å². The van der Waals surface area contributed by atoms with E-state index in [2.05, 4.69) is 5.32 Å². The summed E-state index contributed by atoms with van der Waals surface area (Å²) in [7, 11) is 1.70. The number of halogens is 1. The first-order valence-corrected chi connectivity index (χ1v) is 5.28. The first kappa shape index (κ1) is 12.3. The number of nitrogens with one attached hydrogen (secondary N) is 1. The van der Waals surface area contributed by atoms with Crippen LogP contribution in [-0.2, 0) is 11.3 Å². The Hall–Kier alpha value is -0.770. The van der Waals surface area contributed by atoms with Gasteiger partial charge in [-0.2, -0.15) is 0 Å². The molecule has 15 heavy (non-hydrogen) atoms. The average Bonchev–Trinajstić information content (AvgIpc) is 2.23. The molecule has 0 bridgehead atoms. The van der Waals surface area contributed by atoms with E-state index in [1.165, 1.54) is 0 Å². The molecule has 0 fully saturated rings. The van der Waals surface area contributed by atoms with Crippen molar-refractivity contribution in [2.24, 2.45) is 0 Å². The van der Waals surface area contributed by atoms with Gasteiger partial charge in [0.2, 0.25) is 0 Å². The predicted octanol–water partition coefficient (Wildman–Crippen LogP) is 2.05. The molecular weight excluding hydrogens is 212 g/mol. The zero-order chi connectivity index (χ0) is 11.3. The third-order valence-electron chi connectivity index (χ3n) is 2.23. The highest BCUT2D eigenvalue weighted by molar-refractivity contribution is 6.33. The third-order valence-corrected chi connectivity index (χ3v) is 2.56. The second-order valence-electron chi connectivity index (χ2n) is 3.53. The molecule has 0 aromatic heterocycles. The van der Waals surface area contributed by atoms with Crippen LogP contribution in [0.5, 0.6) is 0 Å². The van der Waals surface area contributed by atoms with Gasteiger partial charge < -0.3 is 15.8 Å². The van der Waals surface area contributed by atoms with E-state index >= 15 is 0 Å². The lowest BCUT2D eigenvalue weighted by Crippen LogP contribution is -2.25. The fourth-order valence-electron chi connectivity index (χ4n) is 1.18. The first-order valence-electron chi connectivity index (χ1n) is 4.91.